The van der Waals surface area contributed by atoms with Gasteiger partial charge in [0, 0.05) is 150 Å². The summed E-state index contributed by atoms with van der Waals surface area (Å²) in [6.45, 7) is 21.6. The number of halogens is 1. The smallest absolute Gasteiger partial charge is 0.341 e. The van der Waals surface area contributed by atoms with E-state index < -0.39 is 211 Å². The molecule has 25 atom stereocenters. The van der Waals surface area contributed by atoms with E-state index in [0.29, 0.717) is 48.7 Å². The van der Waals surface area contributed by atoms with Gasteiger partial charge in [-0.1, -0.05) is 59.8 Å². The van der Waals surface area contributed by atoms with Crippen molar-refractivity contribution in [3.8, 4) is 17.2 Å². The third-order valence-electron chi connectivity index (χ3n) is 25.2. The Hall–Kier alpha value is -8.41. The normalized spacial score (nSPS) is 34.5. The number of anilines is 2. The molecule has 692 valence electrons. The molecule has 3 aromatic carbocycles. The van der Waals surface area contributed by atoms with Crippen LogP contribution in [0.4, 0.5) is 15.8 Å². The van der Waals surface area contributed by atoms with Gasteiger partial charge in [0.15, 0.2) is 18.3 Å². The summed E-state index contributed by atoms with van der Waals surface area (Å²) in [7, 11) is 1.47. The van der Waals surface area contributed by atoms with Crippen molar-refractivity contribution in [2.24, 2.45) is 62.5 Å². The van der Waals surface area contributed by atoms with E-state index in [4.69, 9.17) is 65.8 Å². The number of ether oxygens (including phenoxy) is 8. The van der Waals surface area contributed by atoms with Crippen LogP contribution in [0, 0.1) is 42.3 Å². The van der Waals surface area contributed by atoms with Crippen molar-refractivity contribution in [3.63, 3.8) is 0 Å². The van der Waals surface area contributed by atoms with Gasteiger partial charge < -0.3 is 158 Å². The number of aliphatic hydroxyl groups excluding tert-OH is 10. The lowest BCUT2D eigenvalue weighted by Crippen LogP contribution is -2.69. The van der Waals surface area contributed by atoms with Crippen LogP contribution in [0.1, 0.15) is 133 Å². The van der Waals surface area contributed by atoms with Crippen LogP contribution < -0.4 is 64.7 Å². The average Bonchev–Trinajstić information content (AvgIpc) is 1.54. The van der Waals surface area contributed by atoms with Gasteiger partial charge in [-0.15, -0.1) is 0 Å². The minimum Gasteiger partial charge on any atom is -0.507 e. The van der Waals surface area contributed by atoms with Crippen LogP contribution in [-0.2, 0) is 47.5 Å². The van der Waals surface area contributed by atoms with Crippen molar-refractivity contribution < 1.29 is 133 Å². The summed E-state index contributed by atoms with van der Waals surface area (Å²) in [6, 6.07) is -0.376. The first-order valence-electron chi connectivity index (χ1n) is 42.4. The summed E-state index contributed by atoms with van der Waals surface area (Å²) in [5, 5.41) is 148. The van der Waals surface area contributed by atoms with Crippen LogP contribution in [0.3, 0.4) is 0 Å². The first-order valence-corrected chi connectivity index (χ1v) is 42.4. The van der Waals surface area contributed by atoms with Crippen LogP contribution in [0.5, 0.6) is 17.2 Å². The number of hydrogen-bond acceptors (Lipinski definition) is 35. The number of ketones is 1. The number of aromatic carboxylic acids is 1. The molecule has 2 saturated carbocycles. The number of carboxylic acid groups (broad SMARTS) is 1. The SMILES string of the molecule is CO[C@H]1/C=C/O[C@@]2(C)Oc3c(C)c(O)c4c(O)c(c5c(c4c3C2=O)NC2(CCN(CC(C)C)CC2)N=5)=NC(=O)/C(C)=C\C=C\[C@H](C)[C@H](O)[C@@H](C)[C@@H](O)[C@@H](C)[C@H](OC(C)=O)[C@@H]1C.NCCC(O)C(=O)N[C@@H]1C[C@H](N)C(O[C@H]2O[C@H](CN)[C@@H](O)[C@H](O)[C@H]2O)[C@H](O)[C@H]1O[C@H]1O[C@H](CO)[C@@H](O)[C@H](N)[C@H]1O.O=C(O)c1cn(C2CC2)c2cc(N3CCNCC3)c(F)cc2c1=O. The second-order valence-electron chi connectivity index (χ2n) is 34.7. The number of piperazine rings is 1. The third kappa shape index (κ3) is 20.5. The molecule has 6 fully saturated rings. The number of hydrogen-bond donors (Lipinski definition) is 20. The third-order valence-corrected chi connectivity index (χ3v) is 25.2. The van der Waals surface area contributed by atoms with Crippen molar-refractivity contribution in [1.29, 1.82) is 0 Å². The zero-order valence-corrected chi connectivity index (χ0v) is 71.9. The van der Waals surface area contributed by atoms with Gasteiger partial charge in [-0.05, 0) is 70.2 Å². The number of aromatic hydroxyl groups is 2. The number of Topliss-reactive ketones (excluding diaryl/α,β-unsaturated/α-hetero) is 1. The van der Waals surface area contributed by atoms with E-state index in [1.54, 1.807) is 71.9 Å². The number of nitrogens with two attached hydrogens (primary N) is 4. The molecule has 4 bridgehead atoms. The minimum absolute atomic E-state index is 0.0101. The van der Waals surface area contributed by atoms with Gasteiger partial charge in [0.25, 0.3) is 11.7 Å². The van der Waals surface area contributed by atoms with Crippen LogP contribution in [0.25, 0.3) is 21.7 Å². The molecule has 2 amide bonds. The number of aromatic nitrogens is 1. The minimum atomic E-state index is -1.95. The fourth-order valence-corrected chi connectivity index (χ4v) is 17.6. The summed E-state index contributed by atoms with van der Waals surface area (Å²) in [4.78, 5) is 91.2. The molecule has 24 N–H and O–H groups in total. The molecule has 2 unspecified atom stereocenters. The molecule has 125 heavy (non-hydrogen) atoms. The van der Waals surface area contributed by atoms with Gasteiger partial charge in [0.05, 0.1) is 71.1 Å². The van der Waals surface area contributed by atoms with Crippen molar-refractivity contribution in [2.75, 3.05) is 82.8 Å². The summed E-state index contributed by atoms with van der Waals surface area (Å²) in [5.74, 6) is -9.17. The second kappa shape index (κ2) is 40.5. The number of fused-ring (bicyclic) bond motifs is 2. The van der Waals surface area contributed by atoms with E-state index in [-0.39, 0.29) is 92.6 Å². The second-order valence-corrected chi connectivity index (χ2v) is 34.7. The molecule has 1 aromatic heterocycles. The Bertz CT molecular complexity index is 4870. The van der Waals surface area contributed by atoms with E-state index in [1.807, 2.05) is 9.47 Å². The highest BCUT2D eigenvalue weighted by atomic mass is 19.1. The number of likely N-dealkylation sites (tertiary alicyclic amines) is 1. The lowest BCUT2D eigenvalue weighted by molar-refractivity contribution is -0.332. The number of allylic oxidation sites excluding steroid dienone is 2. The molecule has 4 aromatic rings. The Balaban J connectivity index is 0.000000202. The van der Waals surface area contributed by atoms with Crippen molar-refractivity contribution in [3.05, 3.63) is 97.9 Å². The topological polar surface area (TPSA) is 616 Å². The summed E-state index contributed by atoms with van der Waals surface area (Å²) < 4.78 is 62.9. The summed E-state index contributed by atoms with van der Waals surface area (Å²) in [6.07, 6.45) is -11.5. The van der Waals surface area contributed by atoms with E-state index in [1.165, 1.54) is 39.5 Å². The van der Waals surface area contributed by atoms with Crippen LogP contribution in [0.2, 0.25) is 0 Å². The number of carbonyl (C=O) groups excluding carboxylic acids is 4. The van der Waals surface area contributed by atoms with Crippen LogP contribution in [0.15, 0.2) is 69.2 Å². The van der Waals surface area contributed by atoms with Crippen LogP contribution >= 0.6 is 0 Å². The molecule has 39 nitrogen and oxygen atoms in total. The zero-order chi connectivity index (χ0) is 91.6. The lowest BCUT2D eigenvalue weighted by Gasteiger charge is -2.49. The molecule has 7 aliphatic heterocycles. The Kier molecular flexibility index (Phi) is 31.5. The molecule has 1 spiro atoms. The molecule has 9 aliphatic rings. The number of phenols is 2. The van der Waals surface area contributed by atoms with Gasteiger partial charge in [0.2, 0.25) is 11.3 Å². The number of carbonyl (C=O) groups is 5. The monoisotopic (exact) mass is 1760 g/mol. The molecule has 2 aliphatic carbocycles. The fraction of sp³-hybridized carbons (Fsp3) is 0.647. The number of benzene rings is 3. The summed E-state index contributed by atoms with van der Waals surface area (Å²) >= 11 is 0. The highest BCUT2D eigenvalue weighted by Crippen LogP contribution is 2.52. The van der Waals surface area contributed by atoms with Gasteiger partial charge in [-0.3, -0.25) is 29.0 Å². The van der Waals surface area contributed by atoms with Gasteiger partial charge >= 0.3 is 17.7 Å². The Morgan fingerprint density at radius 3 is 2.06 bits per heavy atom. The van der Waals surface area contributed by atoms with E-state index >= 15 is 0 Å². The van der Waals surface area contributed by atoms with E-state index in [2.05, 4.69) is 39.7 Å². The van der Waals surface area contributed by atoms with Crippen molar-refractivity contribution >= 4 is 62.6 Å². The predicted molar refractivity (Wildman–Crippen MR) is 448 cm³/mol. The van der Waals surface area contributed by atoms with Gasteiger partial charge in [-0.2, -0.15) is 0 Å². The Labute approximate surface area is 720 Å². The molecule has 8 heterocycles. The van der Waals surface area contributed by atoms with Crippen molar-refractivity contribution in [1.82, 2.24) is 20.1 Å². The zero-order valence-electron chi connectivity index (χ0n) is 71.9. The standard InChI is InChI=1S/C46H62N4O11.C22H43N5O13.C17H18FN3O3/c1-22(2)21-50-18-16-46(17-19-50)48-34-31-32-39(54)28(8)42-33(31)43(56)45(10,61-42)59-20-15-30(58-11)25(5)41(60-29(9)51)27(7)38(53)26(6)37(52)23(3)13-12-14-24(4)44(57)47-36(40(32)55)35(34)49-46;23-2-1-8(29)20(36)27-7-3-6(25)18(39-22-16(34)15(33)13(31)9(4-24)37-22)17(35)19(7)40-21-14(32)11(26)12(30)10(5-28)38-21;18-13-7-11-14(8-15(13)20-5-3-19-4-6-20)21(10-1-2-10)9-12(16(11)22)17(23)24/h12-15,20,22-23,25-27,30,37-38,41,48,52-55H,16-19,21H2,1-11H3;6-19,21-22,28-35H,1-5,23-26H2,(H,27,36);7-10,19H,1-6H2,(H,23,24)/b13-12+,20-15+,24-14-,47-36?;;/t23-,25+,26+,27+,30-,37-,38+,41+,45-;6-,7+,8?,9+,10+,11-,12+,13+,14+,15-,16+,17-,18?,19-,21+,22+;/m00./s1. The number of methoxy groups -OCH3 is 1. The quantitative estimate of drug-likeness (QED) is 0.0398. The first kappa shape index (κ1) is 97.2. The number of amides is 2. The lowest BCUT2D eigenvalue weighted by atomic mass is 9.78. The number of nitrogens with zero attached hydrogens (tertiary/aromatic N) is 5. The maximum absolute atomic E-state index is 14.7. The maximum Gasteiger partial charge on any atom is 0.341 e. The number of aliphatic hydroxyl groups is 10. The number of piperidine rings is 1. The number of rotatable bonds is 17. The molecular formula is C85H123FN12O27. The number of phenolic OH excluding ortho intramolecular Hbond substituents is 2. The number of esters is 1. The van der Waals surface area contributed by atoms with Gasteiger partial charge in [-0.25, -0.2) is 14.2 Å². The number of nitrogens with one attached hydrogen (secondary N) is 3. The highest BCUT2D eigenvalue weighted by Gasteiger charge is 2.55. The highest BCUT2D eigenvalue weighted by molar-refractivity contribution is 6.22. The molecule has 0 radical (unpaired) electrons. The largest absolute Gasteiger partial charge is 0.507 e. The first-order chi connectivity index (χ1) is 59.1. The molecular weight excluding hydrogens is 1640 g/mol. The number of carboxylic acids is 1. The predicted octanol–water partition coefficient (Wildman–Crippen LogP) is -2.09. The van der Waals surface area contributed by atoms with E-state index in [0.717, 1.165) is 45.6 Å². The Morgan fingerprint density at radius 1 is 0.792 bits per heavy atom. The summed E-state index contributed by atoms with van der Waals surface area (Å²) in [5.41, 5.74) is 23.1. The molecule has 4 saturated heterocycles. The van der Waals surface area contributed by atoms with E-state index in [9.17, 15) is 99.5 Å². The fourth-order valence-electron chi connectivity index (χ4n) is 17.6. The van der Waals surface area contributed by atoms with Crippen LogP contribution in [-0.4, -0.2) is 312 Å². The maximum atomic E-state index is 14.7. The average molecular weight is 1760 g/mol. The number of pyridine rings is 1. The molecule has 40 heteroatoms. The Morgan fingerprint density at radius 2 is 1.45 bits per heavy atom. The molecule has 13 rings (SSSR count). The van der Waals surface area contributed by atoms with Crippen molar-refractivity contribution in [2.45, 2.75) is 248 Å². The van der Waals surface area contributed by atoms with Gasteiger partial charge in [0.1, 0.15) is 113 Å².